The van der Waals surface area contributed by atoms with E-state index in [9.17, 15) is 18.5 Å². The summed E-state index contributed by atoms with van der Waals surface area (Å²) in [4.78, 5) is 10.4. The van der Waals surface area contributed by atoms with Crippen LogP contribution in [0.4, 0.5) is 5.69 Å². The molecule has 1 aromatic rings. The minimum absolute atomic E-state index is 0. The molecule has 2 atom stereocenters. The van der Waals surface area contributed by atoms with Crippen molar-refractivity contribution in [3.63, 3.8) is 0 Å². The number of hydrogen-bond acceptors (Lipinski definition) is 5. The lowest BCUT2D eigenvalue weighted by atomic mass is 10.0. The molecule has 2 unspecified atom stereocenters. The molecule has 7 nitrogen and oxygen atoms in total. The monoisotopic (exact) mass is 375 g/mol. The van der Waals surface area contributed by atoms with E-state index in [0.717, 1.165) is 25.7 Å². The van der Waals surface area contributed by atoms with Crippen LogP contribution >= 0.6 is 12.4 Å². The Balaban J connectivity index is 0.00000208. The second kappa shape index (κ2) is 6.95. The number of sulfonamides is 1. The van der Waals surface area contributed by atoms with Gasteiger partial charge in [0, 0.05) is 31.2 Å². The van der Waals surface area contributed by atoms with E-state index in [4.69, 9.17) is 0 Å². The van der Waals surface area contributed by atoms with Gasteiger partial charge >= 0.3 is 0 Å². The van der Waals surface area contributed by atoms with Gasteiger partial charge in [0.15, 0.2) is 4.90 Å². The van der Waals surface area contributed by atoms with Gasteiger partial charge in [0.2, 0.25) is 10.0 Å². The van der Waals surface area contributed by atoms with Crippen LogP contribution in [0.1, 0.15) is 31.2 Å². The fourth-order valence-electron chi connectivity index (χ4n) is 3.78. The van der Waals surface area contributed by atoms with E-state index in [1.54, 1.807) is 20.0 Å². The van der Waals surface area contributed by atoms with Gasteiger partial charge in [-0.2, -0.15) is 4.31 Å². The molecule has 0 amide bonds. The summed E-state index contributed by atoms with van der Waals surface area (Å²) in [5.41, 5.74) is 0.0525. The van der Waals surface area contributed by atoms with E-state index >= 15 is 0 Å². The van der Waals surface area contributed by atoms with Crippen molar-refractivity contribution in [1.29, 1.82) is 0 Å². The molecule has 0 spiro atoms. The Morgan fingerprint density at radius 2 is 1.83 bits per heavy atom. The highest BCUT2D eigenvalue weighted by Gasteiger charge is 2.41. The summed E-state index contributed by atoms with van der Waals surface area (Å²) in [7, 11) is -2.36. The third-order valence-corrected chi connectivity index (χ3v) is 7.09. The highest BCUT2D eigenvalue weighted by molar-refractivity contribution is 7.89. The van der Waals surface area contributed by atoms with Gasteiger partial charge in [-0.15, -0.1) is 12.4 Å². The summed E-state index contributed by atoms with van der Waals surface area (Å²) in [5.74, 6) is 0. The van der Waals surface area contributed by atoms with E-state index in [2.05, 4.69) is 5.32 Å². The SMILES string of the molecule is Cc1cccc([N+](=O)[O-])c1S(=O)(=O)N(C)C1CC2CCC(C1)N2.Cl. The van der Waals surface area contributed by atoms with Crippen LogP contribution < -0.4 is 5.32 Å². The molecule has 1 aromatic carbocycles. The van der Waals surface area contributed by atoms with Crippen molar-refractivity contribution in [2.24, 2.45) is 0 Å². The Kier molecular flexibility index (Phi) is 5.54. The lowest BCUT2D eigenvalue weighted by molar-refractivity contribution is -0.387. The molecule has 0 saturated carbocycles. The molecule has 0 radical (unpaired) electrons. The molecule has 134 valence electrons. The van der Waals surface area contributed by atoms with E-state index in [1.807, 2.05) is 0 Å². The average molecular weight is 376 g/mol. The molecule has 3 rings (SSSR count). The van der Waals surface area contributed by atoms with Gasteiger partial charge in [-0.05, 0) is 38.2 Å². The summed E-state index contributed by atoms with van der Waals surface area (Å²) in [6.45, 7) is 1.60. The van der Waals surface area contributed by atoms with E-state index in [1.165, 1.54) is 16.4 Å². The largest absolute Gasteiger partial charge is 0.311 e. The molecule has 24 heavy (non-hydrogen) atoms. The Bertz CT molecular complexity index is 728. The molecule has 2 fully saturated rings. The normalized spacial score (nSPS) is 26.2. The summed E-state index contributed by atoms with van der Waals surface area (Å²) in [5, 5.41) is 14.7. The van der Waals surface area contributed by atoms with Crippen LogP contribution in [0.25, 0.3) is 0 Å². The zero-order valence-corrected chi connectivity index (χ0v) is 15.3. The number of nitrogens with one attached hydrogen (secondary N) is 1. The minimum Gasteiger partial charge on any atom is -0.311 e. The molecule has 2 bridgehead atoms. The first-order valence-corrected chi connectivity index (χ1v) is 9.23. The summed E-state index contributed by atoms with van der Waals surface area (Å²) in [6, 6.07) is 4.95. The second-order valence-corrected chi connectivity index (χ2v) is 8.40. The molecule has 2 saturated heterocycles. The standard InChI is InChI=1S/C15H21N3O4S.ClH/c1-10-4-3-5-14(18(19)20)15(10)23(21,22)17(2)13-8-11-6-7-12(9-13)16-11;/h3-5,11-13,16H,6-9H2,1-2H3;1H. The van der Waals surface area contributed by atoms with Gasteiger partial charge < -0.3 is 5.32 Å². The van der Waals surface area contributed by atoms with Gasteiger partial charge in [0.25, 0.3) is 5.69 Å². The van der Waals surface area contributed by atoms with Crippen LogP contribution in [0.2, 0.25) is 0 Å². The predicted octanol–water partition coefficient (Wildman–Crippen LogP) is 2.23. The maximum atomic E-state index is 13.0. The van der Waals surface area contributed by atoms with Crippen LogP contribution in [-0.2, 0) is 10.0 Å². The van der Waals surface area contributed by atoms with Crippen molar-refractivity contribution in [1.82, 2.24) is 9.62 Å². The fourth-order valence-corrected chi connectivity index (χ4v) is 5.52. The van der Waals surface area contributed by atoms with Crippen molar-refractivity contribution < 1.29 is 13.3 Å². The van der Waals surface area contributed by atoms with Crippen LogP contribution in [0, 0.1) is 17.0 Å². The van der Waals surface area contributed by atoms with Crippen LogP contribution in [-0.4, -0.2) is 42.8 Å². The van der Waals surface area contributed by atoms with E-state index in [-0.39, 0.29) is 29.0 Å². The number of fused-ring (bicyclic) bond motifs is 2. The third kappa shape index (κ3) is 3.28. The number of nitrogens with zero attached hydrogens (tertiary/aromatic N) is 2. The Labute approximate surface area is 148 Å². The van der Waals surface area contributed by atoms with Crippen molar-refractivity contribution in [3.05, 3.63) is 33.9 Å². The lowest BCUT2D eigenvalue weighted by Gasteiger charge is -2.34. The van der Waals surface area contributed by atoms with Crippen molar-refractivity contribution in [2.75, 3.05) is 7.05 Å². The number of aryl methyl sites for hydroxylation is 1. The summed E-state index contributed by atoms with van der Waals surface area (Å²) < 4.78 is 27.4. The highest BCUT2D eigenvalue weighted by atomic mass is 35.5. The Hall–Kier alpha value is -1.22. The number of nitro benzene ring substituents is 1. The highest BCUT2D eigenvalue weighted by Crippen LogP contribution is 2.34. The summed E-state index contributed by atoms with van der Waals surface area (Å²) in [6.07, 6.45) is 3.65. The van der Waals surface area contributed by atoms with Gasteiger partial charge in [-0.1, -0.05) is 12.1 Å². The second-order valence-electron chi connectivity index (χ2n) is 6.46. The molecule has 2 heterocycles. The zero-order valence-electron chi connectivity index (χ0n) is 13.6. The number of rotatable bonds is 4. The van der Waals surface area contributed by atoms with Crippen molar-refractivity contribution in [3.8, 4) is 0 Å². The minimum atomic E-state index is -3.90. The van der Waals surface area contributed by atoms with Gasteiger partial charge in [-0.25, -0.2) is 8.42 Å². The van der Waals surface area contributed by atoms with Crippen molar-refractivity contribution in [2.45, 2.75) is 55.6 Å². The van der Waals surface area contributed by atoms with Crippen LogP contribution in [0.5, 0.6) is 0 Å². The van der Waals surface area contributed by atoms with Gasteiger partial charge in [0.05, 0.1) is 4.92 Å². The number of nitro groups is 1. The topological polar surface area (TPSA) is 92.5 Å². The molecule has 9 heteroatoms. The first-order valence-electron chi connectivity index (χ1n) is 7.79. The molecule has 2 aliphatic rings. The zero-order chi connectivity index (χ0) is 16.8. The first kappa shape index (κ1) is 19.1. The maximum Gasteiger partial charge on any atom is 0.289 e. The quantitative estimate of drug-likeness (QED) is 0.643. The van der Waals surface area contributed by atoms with Crippen molar-refractivity contribution >= 4 is 28.1 Å². The Morgan fingerprint density at radius 3 is 2.38 bits per heavy atom. The molecule has 1 N–H and O–H groups in total. The number of hydrogen-bond donors (Lipinski definition) is 1. The van der Waals surface area contributed by atoms with Gasteiger partial charge in [0.1, 0.15) is 0 Å². The molecular weight excluding hydrogens is 354 g/mol. The van der Waals surface area contributed by atoms with E-state index in [0.29, 0.717) is 17.6 Å². The maximum absolute atomic E-state index is 13.0. The molecular formula is C15H22ClN3O4S. The van der Waals surface area contributed by atoms with Gasteiger partial charge in [-0.3, -0.25) is 10.1 Å². The number of piperidine rings is 1. The number of halogens is 1. The third-order valence-electron chi connectivity index (χ3n) is 4.99. The van der Waals surface area contributed by atoms with Crippen LogP contribution in [0.15, 0.2) is 23.1 Å². The molecule has 0 aromatic heterocycles. The summed E-state index contributed by atoms with van der Waals surface area (Å²) >= 11 is 0. The van der Waals surface area contributed by atoms with E-state index < -0.39 is 14.9 Å². The predicted molar refractivity (Wildman–Crippen MR) is 93.0 cm³/mol. The molecule has 2 aliphatic heterocycles. The molecule has 0 aliphatic carbocycles. The Morgan fingerprint density at radius 1 is 1.25 bits per heavy atom. The average Bonchev–Trinajstić information content (AvgIpc) is 2.84. The van der Waals surface area contributed by atoms with Crippen LogP contribution in [0.3, 0.4) is 0 Å². The fraction of sp³-hybridized carbons (Fsp3) is 0.600. The lowest BCUT2D eigenvalue weighted by Crippen LogP contribution is -2.48. The first-order chi connectivity index (χ1) is 10.8. The number of benzene rings is 1. The smallest absolute Gasteiger partial charge is 0.289 e.